The molecule has 0 spiro atoms. The van der Waals surface area contributed by atoms with E-state index in [-0.39, 0.29) is 31.5 Å². The molecule has 0 radical (unpaired) electrons. The summed E-state index contributed by atoms with van der Waals surface area (Å²) in [6.45, 7) is 9.45. The lowest BCUT2D eigenvalue weighted by Gasteiger charge is -2.21. The van der Waals surface area contributed by atoms with Gasteiger partial charge in [0.15, 0.2) is 12.5 Å². The number of rotatable bonds is 9. The van der Waals surface area contributed by atoms with Crippen LogP contribution in [0.25, 0.3) is 28.0 Å². The summed E-state index contributed by atoms with van der Waals surface area (Å²) in [5.74, 6) is -1.19. The van der Waals surface area contributed by atoms with Gasteiger partial charge in [0.05, 0.1) is 23.6 Å². The number of pyridine rings is 1. The quantitative estimate of drug-likeness (QED) is 0.0995. The van der Waals surface area contributed by atoms with Gasteiger partial charge in [-0.2, -0.15) is 14.6 Å². The fraction of sp³-hybridized carbons (Fsp3) is 0.438. The van der Waals surface area contributed by atoms with Crippen molar-refractivity contribution in [3.8, 4) is 22.0 Å². The van der Waals surface area contributed by atoms with Crippen LogP contribution < -0.4 is 5.32 Å². The number of halogens is 2. The number of carboxylic acid groups (broad SMARTS) is 1. The number of aliphatic hydroxyl groups excluding tert-OH is 1. The van der Waals surface area contributed by atoms with Gasteiger partial charge < -0.3 is 20.3 Å². The molecule has 47 heavy (non-hydrogen) atoms. The smallest absolute Gasteiger partial charge is 0.307 e. The molecular formula is C32H43F2N7O5S. The second-order valence-corrected chi connectivity index (χ2v) is 11.5. The topological polar surface area (TPSA) is 157 Å². The van der Waals surface area contributed by atoms with Crippen molar-refractivity contribution in [2.24, 2.45) is 5.92 Å². The van der Waals surface area contributed by atoms with Crippen molar-refractivity contribution in [2.45, 2.75) is 72.1 Å². The summed E-state index contributed by atoms with van der Waals surface area (Å²) < 4.78 is 35.8. The first-order valence-corrected chi connectivity index (χ1v) is 16.0. The Kier molecular flexibility index (Phi) is 16.9. The first-order valence-electron chi connectivity index (χ1n) is 15.1. The molecule has 0 bridgehead atoms. The first kappa shape index (κ1) is 38.7. The van der Waals surface area contributed by atoms with Crippen molar-refractivity contribution in [1.29, 1.82) is 0 Å². The predicted octanol–water partition coefficient (Wildman–Crippen LogP) is 6.67. The lowest BCUT2D eigenvalue weighted by Crippen LogP contribution is -2.13. The molecule has 1 aliphatic carbocycles. The Morgan fingerprint density at radius 1 is 1.19 bits per heavy atom. The largest absolute Gasteiger partial charge is 0.483 e. The van der Waals surface area contributed by atoms with Crippen LogP contribution in [0.4, 0.5) is 14.5 Å². The monoisotopic (exact) mass is 675 g/mol. The Morgan fingerprint density at radius 3 is 2.47 bits per heavy atom. The standard InChI is InChI=1S/C15H18F2N4.C14H17N3O2S.C2H6O.CH2O2/c1-18-12-9-21(10-5-3-2-4-6-10)20-15(12)14-11(16)7-8-13(17)19-14;1-4-12-8-20-14(16-12)11-6-15-17(7-11)9-19-13(18)5-10(2)3;1-2-3;2-1-3/h7-10,18H,2-6H2,1H3;4,6-8,10H,1,5,9H2,2-3H3;3H,2H2,1H3;1H,(H,2,3). The number of esters is 1. The molecule has 1 fully saturated rings. The third-order valence-corrected chi connectivity index (χ3v) is 7.44. The van der Waals surface area contributed by atoms with E-state index >= 15 is 0 Å². The fourth-order valence-corrected chi connectivity index (χ4v) is 5.23. The van der Waals surface area contributed by atoms with Crippen LogP contribution in [-0.2, 0) is 21.1 Å². The number of ether oxygens (including phenoxy) is 1. The molecule has 0 atom stereocenters. The van der Waals surface area contributed by atoms with Crippen molar-refractivity contribution in [1.82, 2.24) is 29.5 Å². The Balaban J connectivity index is 0.000000281. The van der Waals surface area contributed by atoms with Gasteiger partial charge in [-0.25, -0.2) is 19.0 Å². The average molecular weight is 676 g/mol. The molecule has 12 nitrogen and oxygen atoms in total. The van der Waals surface area contributed by atoms with Crippen LogP contribution in [-0.4, -0.2) is 65.8 Å². The maximum absolute atomic E-state index is 13.9. The number of nitrogens with one attached hydrogen (secondary N) is 1. The van der Waals surface area contributed by atoms with E-state index in [0.29, 0.717) is 29.8 Å². The highest BCUT2D eigenvalue weighted by molar-refractivity contribution is 7.13. The highest BCUT2D eigenvalue weighted by atomic mass is 32.1. The third-order valence-electron chi connectivity index (χ3n) is 6.53. The number of hydrogen-bond donors (Lipinski definition) is 3. The summed E-state index contributed by atoms with van der Waals surface area (Å²) >= 11 is 1.53. The second-order valence-electron chi connectivity index (χ2n) is 10.6. The minimum Gasteiger partial charge on any atom is -0.483 e. The van der Waals surface area contributed by atoms with Crippen molar-refractivity contribution in [2.75, 3.05) is 19.0 Å². The SMILES string of the molecule is C=Cc1csc(-c2cnn(COC(=O)CC(C)C)c2)n1.CCO.CNc1cn(C2CCCCC2)nc1-c1nc(F)ccc1F.O=CO. The fourth-order valence-electron chi connectivity index (χ4n) is 4.45. The van der Waals surface area contributed by atoms with E-state index in [9.17, 15) is 13.6 Å². The summed E-state index contributed by atoms with van der Waals surface area (Å²) in [6, 6.07) is 2.42. The molecule has 0 amide bonds. The van der Waals surface area contributed by atoms with Crippen LogP contribution in [0.5, 0.6) is 0 Å². The predicted molar refractivity (Wildman–Crippen MR) is 177 cm³/mol. The normalized spacial score (nSPS) is 12.4. The van der Waals surface area contributed by atoms with E-state index in [4.69, 9.17) is 19.7 Å². The van der Waals surface area contributed by atoms with Gasteiger partial charge in [0, 0.05) is 43.4 Å². The van der Waals surface area contributed by atoms with Crippen LogP contribution in [0, 0.1) is 17.7 Å². The average Bonchev–Trinajstić information content (AvgIpc) is 3.82. The summed E-state index contributed by atoms with van der Waals surface area (Å²) in [5.41, 5.74) is 2.73. The molecule has 0 unspecified atom stereocenters. The van der Waals surface area contributed by atoms with Crippen LogP contribution in [0.3, 0.4) is 0 Å². The summed E-state index contributed by atoms with van der Waals surface area (Å²) in [7, 11) is 1.74. The maximum atomic E-state index is 13.9. The zero-order valence-corrected chi connectivity index (χ0v) is 27.9. The number of hydrogen-bond acceptors (Lipinski definition) is 10. The van der Waals surface area contributed by atoms with E-state index < -0.39 is 11.8 Å². The lowest BCUT2D eigenvalue weighted by atomic mass is 9.96. The van der Waals surface area contributed by atoms with Gasteiger partial charge in [0.2, 0.25) is 5.95 Å². The number of carbonyl (C=O) groups is 2. The van der Waals surface area contributed by atoms with Gasteiger partial charge in [-0.1, -0.05) is 39.7 Å². The van der Waals surface area contributed by atoms with Crippen molar-refractivity contribution in [3.05, 3.63) is 60.1 Å². The van der Waals surface area contributed by atoms with Gasteiger partial charge in [-0.05, 0) is 43.9 Å². The van der Waals surface area contributed by atoms with E-state index in [1.807, 2.05) is 36.3 Å². The van der Waals surface area contributed by atoms with Crippen molar-refractivity contribution in [3.63, 3.8) is 0 Å². The Labute approximate surface area is 277 Å². The van der Waals surface area contributed by atoms with Gasteiger partial charge >= 0.3 is 5.97 Å². The van der Waals surface area contributed by atoms with E-state index in [1.165, 1.54) is 30.6 Å². The number of aromatic nitrogens is 6. The highest BCUT2D eigenvalue weighted by Crippen LogP contribution is 2.33. The summed E-state index contributed by atoms with van der Waals surface area (Å²) in [6.07, 6.45) is 13.3. The van der Waals surface area contributed by atoms with Gasteiger partial charge in [-0.15, -0.1) is 11.3 Å². The number of anilines is 1. The third kappa shape index (κ3) is 12.7. The van der Waals surface area contributed by atoms with Crippen LogP contribution in [0.2, 0.25) is 0 Å². The van der Waals surface area contributed by atoms with Crippen molar-refractivity contribution < 1.29 is 33.3 Å². The Bertz CT molecular complexity index is 1530. The summed E-state index contributed by atoms with van der Waals surface area (Å²) in [4.78, 5) is 27.9. The first-order chi connectivity index (χ1) is 22.6. The Hall–Kier alpha value is -4.50. The molecule has 15 heteroatoms. The molecule has 4 aromatic heterocycles. The minimum atomic E-state index is -0.708. The van der Waals surface area contributed by atoms with E-state index in [1.54, 1.807) is 30.9 Å². The second kappa shape index (κ2) is 20.6. The van der Waals surface area contributed by atoms with Gasteiger partial charge in [0.1, 0.15) is 16.4 Å². The van der Waals surface area contributed by atoms with Crippen LogP contribution in [0.15, 0.2) is 42.7 Å². The molecule has 1 aliphatic rings. The summed E-state index contributed by atoms with van der Waals surface area (Å²) in [5, 5.41) is 28.9. The van der Waals surface area contributed by atoms with E-state index in [0.717, 1.165) is 41.2 Å². The molecule has 0 aromatic carbocycles. The molecule has 4 heterocycles. The molecule has 0 aliphatic heterocycles. The highest BCUT2D eigenvalue weighted by Gasteiger charge is 2.21. The van der Waals surface area contributed by atoms with E-state index in [2.05, 4.69) is 32.1 Å². The molecule has 256 valence electrons. The molecule has 4 aromatic rings. The minimum absolute atomic E-state index is 0.0473. The zero-order chi connectivity index (χ0) is 34.8. The molecule has 3 N–H and O–H groups in total. The molecule has 5 rings (SSSR count). The van der Waals surface area contributed by atoms with Gasteiger partial charge in [-0.3, -0.25) is 14.3 Å². The number of carbonyl (C=O) groups excluding carboxylic acids is 1. The molecule has 1 saturated carbocycles. The van der Waals surface area contributed by atoms with Crippen LogP contribution >= 0.6 is 11.3 Å². The van der Waals surface area contributed by atoms with Crippen molar-refractivity contribution >= 4 is 35.5 Å². The molecular weight excluding hydrogens is 632 g/mol. The van der Waals surface area contributed by atoms with Gasteiger partial charge in [0.25, 0.3) is 6.47 Å². The lowest BCUT2D eigenvalue weighted by molar-refractivity contribution is -0.148. The Morgan fingerprint density at radius 2 is 1.87 bits per heavy atom. The zero-order valence-electron chi connectivity index (χ0n) is 27.1. The number of thiazole rings is 1. The molecule has 0 saturated heterocycles. The maximum Gasteiger partial charge on any atom is 0.307 e. The number of aliphatic hydroxyl groups is 1. The number of nitrogens with zero attached hydrogens (tertiary/aromatic N) is 6. The van der Waals surface area contributed by atoms with Crippen LogP contribution in [0.1, 0.15) is 71.0 Å².